The number of hydrogen-bond acceptors (Lipinski definition) is 6. The average molecular weight is 556 g/mol. The molecule has 0 amide bonds. The van der Waals surface area contributed by atoms with Crippen LogP contribution in [-0.2, 0) is 10.0 Å². The number of halogens is 4. The summed E-state index contributed by atoms with van der Waals surface area (Å²) in [6, 6.07) is 6.83. The maximum absolute atomic E-state index is 13.4. The summed E-state index contributed by atoms with van der Waals surface area (Å²) in [6.07, 6.45) is 5.33. The molecule has 2 aliphatic rings. The molecule has 2 heterocycles. The predicted molar refractivity (Wildman–Crippen MR) is 131 cm³/mol. The molecule has 1 aliphatic heterocycles. The minimum atomic E-state index is -4.11. The van der Waals surface area contributed by atoms with Crippen molar-refractivity contribution in [2.75, 3.05) is 31.1 Å². The second-order valence-electron chi connectivity index (χ2n) is 7.92. The summed E-state index contributed by atoms with van der Waals surface area (Å²) in [7, 11) is -4.11. The third-order valence-electron chi connectivity index (χ3n) is 5.77. The molecule has 0 radical (unpaired) electrons. The molecule has 33 heavy (non-hydrogen) atoms. The first kappa shape index (κ1) is 24.9. The topological polar surface area (TPSA) is 84.7 Å². The fourth-order valence-electron chi connectivity index (χ4n) is 4.05. The summed E-state index contributed by atoms with van der Waals surface area (Å²) in [5, 5.41) is 4.82. The number of hydrogen-bond donors (Lipinski definition) is 0. The van der Waals surface area contributed by atoms with Crippen molar-refractivity contribution in [2.24, 2.45) is 0 Å². The van der Waals surface area contributed by atoms with Crippen LogP contribution in [0.15, 0.2) is 35.3 Å². The van der Waals surface area contributed by atoms with Crippen LogP contribution in [0.25, 0.3) is 5.69 Å². The maximum atomic E-state index is 13.4. The number of alkyl halides is 3. The molecule has 1 aliphatic carbocycles. The lowest BCUT2D eigenvalue weighted by Crippen LogP contribution is -2.51. The molecule has 2 aromatic rings. The van der Waals surface area contributed by atoms with Gasteiger partial charge in [-0.1, -0.05) is 52.5 Å². The highest BCUT2D eigenvalue weighted by Crippen LogP contribution is 2.36. The quantitative estimate of drug-likeness (QED) is 0.519. The second kappa shape index (κ2) is 9.79. The van der Waals surface area contributed by atoms with Gasteiger partial charge in [0.15, 0.2) is 0 Å². The minimum absolute atomic E-state index is 0.0577. The van der Waals surface area contributed by atoms with Crippen LogP contribution in [0.3, 0.4) is 0 Å². The summed E-state index contributed by atoms with van der Waals surface area (Å²) < 4.78 is 31.0. The monoisotopic (exact) mass is 554 g/mol. The smallest absolute Gasteiger partial charge is 0.316 e. The standard InChI is InChI=1S/C20H22Cl4N4O4S/c21-14-4-3-5-15(12-14)28-19(29)18(32-16-6-1-2-7-16)17(13-25-28)26-8-10-27(11-9-26)33(30,31)20(22,23)24/h3-5,12-13,16H,1-2,6-11H2. The van der Waals surface area contributed by atoms with E-state index in [0.29, 0.717) is 16.4 Å². The molecule has 1 saturated carbocycles. The largest absolute Gasteiger partial charge is 0.483 e. The predicted octanol–water partition coefficient (Wildman–Crippen LogP) is 3.99. The summed E-state index contributed by atoms with van der Waals surface area (Å²) in [5.41, 5.74) is 0.628. The number of rotatable bonds is 5. The fraction of sp³-hybridized carbons (Fsp3) is 0.500. The Morgan fingerprint density at radius 2 is 1.73 bits per heavy atom. The van der Waals surface area contributed by atoms with E-state index in [9.17, 15) is 13.2 Å². The van der Waals surface area contributed by atoms with Crippen molar-refractivity contribution in [2.45, 2.75) is 34.9 Å². The van der Waals surface area contributed by atoms with E-state index in [-0.39, 0.29) is 38.0 Å². The van der Waals surface area contributed by atoms with E-state index >= 15 is 0 Å². The molecule has 8 nitrogen and oxygen atoms in total. The van der Waals surface area contributed by atoms with Crippen LogP contribution in [0.5, 0.6) is 5.75 Å². The van der Waals surface area contributed by atoms with Crippen molar-refractivity contribution in [1.82, 2.24) is 14.1 Å². The first-order chi connectivity index (χ1) is 15.6. The maximum Gasteiger partial charge on any atom is 0.316 e. The van der Waals surface area contributed by atoms with Gasteiger partial charge in [-0.15, -0.1) is 0 Å². The lowest BCUT2D eigenvalue weighted by atomic mass is 10.2. The molecule has 0 atom stereocenters. The number of piperazine rings is 1. The number of aromatic nitrogens is 2. The van der Waals surface area contributed by atoms with Gasteiger partial charge in [0, 0.05) is 31.2 Å². The van der Waals surface area contributed by atoms with Gasteiger partial charge in [0.1, 0.15) is 5.69 Å². The van der Waals surface area contributed by atoms with E-state index in [1.54, 1.807) is 30.5 Å². The second-order valence-corrected chi connectivity index (χ2v) is 13.4. The van der Waals surface area contributed by atoms with Crippen LogP contribution in [0, 0.1) is 0 Å². The molecule has 1 aromatic heterocycles. The van der Waals surface area contributed by atoms with Crippen LogP contribution >= 0.6 is 46.4 Å². The SMILES string of the molecule is O=c1c(OC2CCCC2)c(N2CCN(S(=O)(=O)C(Cl)(Cl)Cl)CC2)cnn1-c1cccc(Cl)c1. The van der Waals surface area contributed by atoms with Crippen LogP contribution < -0.4 is 15.2 Å². The summed E-state index contributed by atoms with van der Waals surface area (Å²) in [4.78, 5) is 15.3. The Balaban J connectivity index is 1.65. The number of sulfonamides is 1. The molecule has 180 valence electrons. The van der Waals surface area contributed by atoms with Gasteiger partial charge in [-0.3, -0.25) is 4.79 Å². The molecule has 13 heteroatoms. The lowest BCUT2D eigenvalue weighted by Gasteiger charge is -2.37. The van der Waals surface area contributed by atoms with Gasteiger partial charge in [0.05, 0.1) is 18.0 Å². The van der Waals surface area contributed by atoms with Gasteiger partial charge in [-0.05, 0) is 43.9 Å². The van der Waals surface area contributed by atoms with Crippen molar-refractivity contribution in [3.8, 4) is 11.4 Å². The van der Waals surface area contributed by atoms with Gasteiger partial charge in [-0.25, -0.2) is 8.42 Å². The van der Waals surface area contributed by atoms with Crippen molar-refractivity contribution < 1.29 is 13.2 Å². The van der Waals surface area contributed by atoms with E-state index in [4.69, 9.17) is 51.1 Å². The number of ether oxygens (including phenoxy) is 1. The molecular formula is C20H22Cl4N4O4S. The van der Waals surface area contributed by atoms with E-state index in [1.807, 2.05) is 4.90 Å². The van der Waals surface area contributed by atoms with Gasteiger partial charge in [-0.2, -0.15) is 14.1 Å². The third kappa shape index (κ3) is 5.23. The van der Waals surface area contributed by atoms with Gasteiger partial charge in [0.25, 0.3) is 10.0 Å². The molecule has 0 N–H and O–H groups in total. The fourth-order valence-corrected chi connectivity index (χ4v) is 6.05. The zero-order valence-electron chi connectivity index (χ0n) is 17.5. The van der Waals surface area contributed by atoms with E-state index in [2.05, 4.69) is 5.10 Å². The summed E-state index contributed by atoms with van der Waals surface area (Å²) in [5.74, 6) is 0.189. The van der Waals surface area contributed by atoms with Gasteiger partial charge >= 0.3 is 8.68 Å². The third-order valence-corrected chi connectivity index (χ3v) is 9.39. The van der Waals surface area contributed by atoms with E-state index in [1.165, 1.54) is 4.68 Å². The summed E-state index contributed by atoms with van der Waals surface area (Å²) >= 11 is 23.0. The molecule has 0 bridgehead atoms. The minimum Gasteiger partial charge on any atom is -0.483 e. The highest BCUT2D eigenvalue weighted by atomic mass is 35.6. The van der Waals surface area contributed by atoms with Crippen LogP contribution in [0.1, 0.15) is 25.7 Å². The molecule has 4 rings (SSSR count). The Morgan fingerprint density at radius 1 is 1.06 bits per heavy atom. The Bertz CT molecular complexity index is 1170. The molecule has 1 aromatic carbocycles. The normalized spacial score (nSPS) is 18.6. The van der Waals surface area contributed by atoms with E-state index in [0.717, 1.165) is 30.0 Å². The van der Waals surface area contributed by atoms with Crippen molar-refractivity contribution >= 4 is 62.1 Å². The summed E-state index contributed by atoms with van der Waals surface area (Å²) in [6.45, 7) is 0.750. The average Bonchev–Trinajstić information content (AvgIpc) is 3.28. The first-order valence-corrected chi connectivity index (χ1v) is 13.4. The van der Waals surface area contributed by atoms with Crippen molar-refractivity contribution in [1.29, 1.82) is 0 Å². The number of nitrogens with zero attached hydrogens (tertiary/aromatic N) is 4. The molecule has 0 unspecified atom stereocenters. The van der Waals surface area contributed by atoms with Gasteiger partial charge < -0.3 is 9.64 Å². The zero-order valence-corrected chi connectivity index (χ0v) is 21.3. The Labute approximate surface area is 212 Å². The highest BCUT2D eigenvalue weighted by molar-refractivity contribution is 7.95. The molecule has 1 saturated heterocycles. The van der Waals surface area contributed by atoms with Crippen LogP contribution in [0.4, 0.5) is 5.69 Å². The van der Waals surface area contributed by atoms with Crippen LogP contribution in [0.2, 0.25) is 5.02 Å². The number of benzene rings is 1. The highest BCUT2D eigenvalue weighted by Gasteiger charge is 2.44. The Morgan fingerprint density at radius 3 is 2.33 bits per heavy atom. The molecule has 0 spiro atoms. The Hall–Kier alpha value is -1.23. The van der Waals surface area contributed by atoms with Gasteiger partial charge in [0.2, 0.25) is 5.75 Å². The Kier molecular flexibility index (Phi) is 7.38. The zero-order chi connectivity index (χ0) is 23.8. The lowest BCUT2D eigenvalue weighted by molar-refractivity contribution is 0.205. The van der Waals surface area contributed by atoms with E-state index < -0.39 is 18.7 Å². The number of anilines is 1. The first-order valence-electron chi connectivity index (χ1n) is 10.4. The molecule has 2 fully saturated rings. The van der Waals surface area contributed by atoms with Crippen molar-refractivity contribution in [3.63, 3.8) is 0 Å². The van der Waals surface area contributed by atoms with Crippen LogP contribution in [-0.4, -0.2) is 57.9 Å². The van der Waals surface area contributed by atoms with Crippen molar-refractivity contribution in [3.05, 3.63) is 45.8 Å². The molecular weight excluding hydrogens is 534 g/mol.